The second-order valence-electron chi connectivity index (χ2n) is 7.66. The van der Waals surface area contributed by atoms with Crippen molar-refractivity contribution < 1.29 is 4.79 Å². The largest absolute Gasteiger partial charge is 0.336 e. The van der Waals surface area contributed by atoms with Crippen molar-refractivity contribution in [2.45, 2.75) is 39.3 Å². The molecule has 0 aliphatic carbocycles. The van der Waals surface area contributed by atoms with Crippen molar-refractivity contribution in [3.63, 3.8) is 0 Å². The van der Waals surface area contributed by atoms with E-state index in [0.717, 1.165) is 62.5 Å². The van der Waals surface area contributed by atoms with Crippen molar-refractivity contribution in [3.05, 3.63) is 59.7 Å². The highest BCUT2D eigenvalue weighted by molar-refractivity contribution is 5.85. The van der Waals surface area contributed by atoms with Gasteiger partial charge in [-0.1, -0.05) is 12.1 Å². The lowest BCUT2D eigenvalue weighted by Gasteiger charge is -2.38. The zero-order valence-electron chi connectivity index (χ0n) is 15.4. The van der Waals surface area contributed by atoms with Crippen LogP contribution in [0.2, 0.25) is 0 Å². The minimum absolute atomic E-state index is 0.211. The molecule has 1 atom stereocenters. The Morgan fingerprint density at radius 3 is 2.73 bits per heavy atom. The van der Waals surface area contributed by atoms with E-state index < -0.39 is 0 Å². The van der Waals surface area contributed by atoms with Crippen LogP contribution in [0.15, 0.2) is 42.6 Å². The molecule has 1 spiro atoms. The first-order valence-corrected chi connectivity index (χ1v) is 9.49. The van der Waals surface area contributed by atoms with Gasteiger partial charge in [0.25, 0.3) is 0 Å². The fourth-order valence-electron chi connectivity index (χ4n) is 4.39. The average molecular weight is 350 g/mol. The van der Waals surface area contributed by atoms with Crippen molar-refractivity contribution in [1.29, 1.82) is 0 Å². The van der Waals surface area contributed by atoms with Crippen LogP contribution in [0, 0.1) is 12.3 Å². The number of piperidine rings is 1. The van der Waals surface area contributed by atoms with Gasteiger partial charge in [-0.15, -0.1) is 0 Å². The fraction of sp³-hybridized carbons (Fsp3) is 0.476. The maximum absolute atomic E-state index is 13.2. The van der Waals surface area contributed by atoms with Gasteiger partial charge in [0.1, 0.15) is 0 Å². The SMILES string of the molecule is Cc1cccc(CN2CC[C@@]3(CCCN(Cc4ccccn4)C3)C2=O)n1. The highest BCUT2D eigenvalue weighted by atomic mass is 16.2. The van der Waals surface area contributed by atoms with E-state index in [4.69, 9.17) is 0 Å². The predicted octanol–water partition coefficient (Wildman–Crippen LogP) is 2.80. The second-order valence-corrected chi connectivity index (χ2v) is 7.66. The molecule has 4 heterocycles. The summed E-state index contributed by atoms with van der Waals surface area (Å²) in [5, 5.41) is 0. The van der Waals surface area contributed by atoms with Gasteiger partial charge in [0.05, 0.1) is 23.3 Å². The first kappa shape index (κ1) is 17.2. The van der Waals surface area contributed by atoms with Crippen LogP contribution in [0.5, 0.6) is 0 Å². The van der Waals surface area contributed by atoms with Crippen LogP contribution in [-0.2, 0) is 17.9 Å². The van der Waals surface area contributed by atoms with Gasteiger partial charge in [-0.05, 0) is 57.0 Å². The van der Waals surface area contributed by atoms with Crippen molar-refractivity contribution in [3.8, 4) is 0 Å². The van der Waals surface area contributed by atoms with Gasteiger partial charge in [-0.2, -0.15) is 0 Å². The van der Waals surface area contributed by atoms with E-state index in [9.17, 15) is 4.79 Å². The van der Waals surface area contributed by atoms with Crippen LogP contribution < -0.4 is 0 Å². The lowest BCUT2D eigenvalue weighted by atomic mass is 9.78. The maximum atomic E-state index is 13.2. The van der Waals surface area contributed by atoms with E-state index in [1.807, 2.05) is 48.4 Å². The van der Waals surface area contributed by atoms with Crippen molar-refractivity contribution in [1.82, 2.24) is 19.8 Å². The molecular formula is C21H26N4O. The zero-order valence-corrected chi connectivity index (χ0v) is 15.4. The first-order chi connectivity index (χ1) is 12.6. The Bertz CT molecular complexity index is 779. The van der Waals surface area contributed by atoms with E-state index in [-0.39, 0.29) is 5.41 Å². The molecule has 2 saturated heterocycles. The van der Waals surface area contributed by atoms with E-state index >= 15 is 0 Å². The molecule has 1 amide bonds. The number of pyridine rings is 2. The number of carbonyl (C=O) groups excluding carboxylic acids is 1. The van der Waals surface area contributed by atoms with Gasteiger partial charge in [0.2, 0.25) is 5.91 Å². The minimum Gasteiger partial charge on any atom is -0.336 e. The monoisotopic (exact) mass is 350 g/mol. The molecule has 0 radical (unpaired) electrons. The van der Waals surface area contributed by atoms with Gasteiger partial charge in [0.15, 0.2) is 0 Å². The Kier molecular flexibility index (Phi) is 4.72. The Hall–Kier alpha value is -2.27. The van der Waals surface area contributed by atoms with E-state index in [1.165, 1.54) is 0 Å². The number of aryl methyl sites for hydroxylation is 1. The van der Waals surface area contributed by atoms with E-state index in [2.05, 4.69) is 20.9 Å². The predicted molar refractivity (Wildman–Crippen MR) is 100 cm³/mol. The van der Waals surface area contributed by atoms with E-state index in [1.54, 1.807) is 0 Å². The topological polar surface area (TPSA) is 49.3 Å². The molecule has 0 N–H and O–H groups in total. The van der Waals surface area contributed by atoms with Crippen LogP contribution in [0.4, 0.5) is 0 Å². The van der Waals surface area contributed by atoms with Crippen LogP contribution in [-0.4, -0.2) is 45.3 Å². The number of amides is 1. The molecule has 0 bridgehead atoms. The Labute approximate surface area is 155 Å². The fourth-order valence-corrected chi connectivity index (χ4v) is 4.39. The lowest BCUT2D eigenvalue weighted by Crippen LogP contribution is -2.47. The van der Waals surface area contributed by atoms with Gasteiger partial charge in [0, 0.05) is 31.5 Å². The van der Waals surface area contributed by atoms with Gasteiger partial charge in [-0.25, -0.2) is 0 Å². The summed E-state index contributed by atoms with van der Waals surface area (Å²) in [5.41, 5.74) is 2.85. The highest BCUT2D eigenvalue weighted by Gasteiger charge is 2.48. The zero-order chi connectivity index (χ0) is 18.0. The third kappa shape index (κ3) is 3.49. The normalized spacial score (nSPS) is 23.7. The summed E-state index contributed by atoms with van der Waals surface area (Å²) in [6.45, 7) is 6.18. The van der Waals surface area contributed by atoms with Crippen molar-refractivity contribution in [2.24, 2.45) is 5.41 Å². The van der Waals surface area contributed by atoms with Gasteiger partial charge in [-0.3, -0.25) is 19.7 Å². The van der Waals surface area contributed by atoms with Gasteiger partial charge < -0.3 is 4.90 Å². The summed E-state index contributed by atoms with van der Waals surface area (Å²) in [5.74, 6) is 0.312. The van der Waals surface area contributed by atoms with Crippen LogP contribution in [0.25, 0.3) is 0 Å². The third-order valence-corrected chi connectivity index (χ3v) is 5.67. The standard InChI is InChI=1S/C21H26N4O/c1-17-6-4-8-19(23-17)15-25-13-10-21(20(25)26)9-5-12-24(16-21)14-18-7-2-3-11-22-18/h2-4,6-8,11H,5,9-10,12-16H2,1H3/t21-/m1/s1. The maximum Gasteiger partial charge on any atom is 0.230 e. The molecule has 2 fully saturated rings. The Balaban J connectivity index is 1.44. The molecule has 0 unspecified atom stereocenters. The Morgan fingerprint density at radius 2 is 1.92 bits per heavy atom. The van der Waals surface area contributed by atoms with E-state index in [0.29, 0.717) is 12.5 Å². The minimum atomic E-state index is -0.211. The van der Waals surface area contributed by atoms with Crippen molar-refractivity contribution in [2.75, 3.05) is 19.6 Å². The number of likely N-dealkylation sites (tertiary alicyclic amines) is 2. The number of carbonyl (C=O) groups is 1. The summed E-state index contributed by atoms with van der Waals surface area (Å²) in [6, 6.07) is 12.1. The summed E-state index contributed by atoms with van der Waals surface area (Å²) >= 11 is 0. The quantitative estimate of drug-likeness (QED) is 0.851. The smallest absolute Gasteiger partial charge is 0.230 e. The molecule has 0 saturated carbocycles. The first-order valence-electron chi connectivity index (χ1n) is 9.49. The number of hydrogen-bond acceptors (Lipinski definition) is 4. The number of rotatable bonds is 4. The summed E-state index contributed by atoms with van der Waals surface area (Å²) in [6.07, 6.45) is 4.88. The molecule has 5 heteroatoms. The molecule has 2 aliphatic rings. The molecular weight excluding hydrogens is 324 g/mol. The third-order valence-electron chi connectivity index (χ3n) is 5.67. The van der Waals surface area contributed by atoms with Gasteiger partial charge >= 0.3 is 0 Å². The molecule has 26 heavy (non-hydrogen) atoms. The highest BCUT2D eigenvalue weighted by Crippen LogP contribution is 2.40. The summed E-state index contributed by atoms with van der Waals surface area (Å²) in [4.78, 5) is 26.6. The summed E-state index contributed by atoms with van der Waals surface area (Å²) < 4.78 is 0. The number of aromatic nitrogens is 2. The molecule has 5 nitrogen and oxygen atoms in total. The molecule has 2 aliphatic heterocycles. The van der Waals surface area contributed by atoms with Crippen LogP contribution in [0.3, 0.4) is 0 Å². The number of nitrogens with zero attached hydrogens (tertiary/aromatic N) is 4. The number of hydrogen-bond donors (Lipinski definition) is 0. The molecule has 4 rings (SSSR count). The van der Waals surface area contributed by atoms with Crippen molar-refractivity contribution >= 4 is 5.91 Å². The molecule has 2 aromatic rings. The molecule has 136 valence electrons. The molecule has 2 aromatic heterocycles. The van der Waals surface area contributed by atoms with Crippen LogP contribution in [0.1, 0.15) is 36.3 Å². The average Bonchev–Trinajstić information content (AvgIpc) is 2.92. The Morgan fingerprint density at radius 1 is 1.04 bits per heavy atom. The molecule has 0 aromatic carbocycles. The summed E-state index contributed by atoms with van der Waals surface area (Å²) in [7, 11) is 0. The lowest BCUT2D eigenvalue weighted by molar-refractivity contribution is -0.139. The van der Waals surface area contributed by atoms with Crippen LogP contribution >= 0.6 is 0 Å². The second kappa shape index (κ2) is 7.16.